The van der Waals surface area contributed by atoms with E-state index in [9.17, 15) is 4.79 Å². The predicted molar refractivity (Wildman–Crippen MR) is 92.0 cm³/mol. The number of anilines is 1. The van der Waals surface area contributed by atoms with Crippen LogP contribution in [0.3, 0.4) is 0 Å². The number of hydrogen-bond acceptors (Lipinski definition) is 4. The van der Waals surface area contributed by atoms with Gasteiger partial charge in [-0.05, 0) is 18.6 Å². The van der Waals surface area contributed by atoms with Crippen molar-refractivity contribution < 1.29 is 0 Å². The SMILES string of the molecule is Cn1ncc(NCCCc2nc3ccccc3n2C)c(Cl)c1=O. The predicted octanol–water partition coefficient (Wildman–Crippen LogP) is 2.37. The first-order chi connectivity index (χ1) is 11.1. The third-order valence-electron chi connectivity index (χ3n) is 3.85. The topological polar surface area (TPSA) is 64.7 Å². The molecule has 0 atom stereocenters. The molecule has 2 aromatic heterocycles. The molecule has 0 aliphatic rings. The third-order valence-corrected chi connectivity index (χ3v) is 4.22. The fourth-order valence-corrected chi connectivity index (χ4v) is 2.76. The fourth-order valence-electron chi connectivity index (χ4n) is 2.52. The Bertz CT molecular complexity index is 899. The number of fused-ring (bicyclic) bond motifs is 1. The lowest BCUT2D eigenvalue weighted by atomic mass is 10.3. The van der Waals surface area contributed by atoms with Crippen LogP contribution in [0.2, 0.25) is 5.02 Å². The molecule has 0 aliphatic heterocycles. The summed E-state index contributed by atoms with van der Waals surface area (Å²) in [4.78, 5) is 16.3. The molecule has 0 spiro atoms. The lowest BCUT2D eigenvalue weighted by Gasteiger charge is -2.08. The van der Waals surface area contributed by atoms with Gasteiger partial charge in [-0.15, -0.1) is 0 Å². The maximum atomic E-state index is 11.7. The highest BCUT2D eigenvalue weighted by molar-refractivity contribution is 6.32. The summed E-state index contributed by atoms with van der Waals surface area (Å²) in [6, 6.07) is 8.09. The smallest absolute Gasteiger partial charge is 0.287 e. The molecule has 3 rings (SSSR count). The monoisotopic (exact) mass is 331 g/mol. The average Bonchev–Trinajstić information content (AvgIpc) is 2.88. The second-order valence-corrected chi connectivity index (χ2v) is 5.79. The van der Waals surface area contributed by atoms with Gasteiger partial charge in [0.25, 0.3) is 5.56 Å². The first kappa shape index (κ1) is 15.6. The summed E-state index contributed by atoms with van der Waals surface area (Å²) in [7, 11) is 3.60. The number of aryl methyl sites for hydroxylation is 3. The second-order valence-electron chi connectivity index (χ2n) is 5.41. The molecule has 120 valence electrons. The molecule has 0 saturated heterocycles. The molecule has 1 aromatic carbocycles. The van der Waals surface area contributed by atoms with Gasteiger partial charge in [-0.25, -0.2) is 9.67 Å². The average molecular weight is 332 g/mol. The van der Waals surface area contributed by atoms with Gasteiger partial charge < -0.3 is 9.88 Å². The van der Waals surface area contributed by atoms with E-state index in [1.165, 1.54) is 4.68 Å². The number of benzene rings is 1. The zero-order valence-corrected chi connectivity index (χ0v) is 13.8. The minimum Gasteiger partial charge on any atom is -0.382 e. The van der Waals surface area contributed by atoms with Gasteiger partial charge in [0.05, 0.1) is 22.9 Å². The largest absolute Gasteiger partial charge is 0.382 e. The second kappa shape index (κ2) is 6.42. The quantitative estimate of drug-likeness (QED) is 0.729. The van der Waals surface area contributed by atoms with Crippen LogP contribution in [0, 0.1) is 0 Å². The molecule has 0 fully saturated rings. The molecule has 1 N–H and O–H groups in total. The summed E-state index contributed by atoms with van der Waals surface area (Å²) in [6.45, 7) is 0.692. The van der Waals surface area contributed by atoms with Crippen molar-refractivity contribution in [1.29, 1.82) is 0 Å². The van der Waals surface area contributed by atoms with Gasteiger partial charge in [0, 0.05) is 27.1 Å². The number of hydrogen-bond donors (Lipinski definition) is 1. The maximum Gasteiger partial charge on any atom is 0.287 e. The number of rotatable bonds is 5. The Balaban J connectivity index is 1.62. The molecule has 6 nitrogen and oxygen atoms in total. The van der Waals surface area contributed by atoms with E-state index in [-0.39, 0.29) is 10.6 Å². The highest BCUT2D eigenvalue weighted by Crippen LogP contribution is 2.17. The van der Waals surface area contributed by atoms with Gasteiger partial charge in [0.1, 0.15) is 10.8 Å². The number of nitrogens with one attached hydrogen (secondary N) is 1. The van der Waals surface area contributed by atoms with Crippen molar-refractivity contribution in [2.45, 2.75) is 12.8 Å². The van der Waals surface area contributed by atoms with Crippen molar-refractivity contribution in [1.82, 2.24) is 19.3 Å². The summed E-state index contributed by atoms with van der Waals surface area (Å²) in [5.74, 6) is 1.04. The zero-order chi connectivity index (χ0) is 16.4. The Morgan fingerprint density at radius 3 is 2.83 bits per heavy atom. The minimum absolute atomic E-state index is 0.172. The molecule has 0 aliphatic carbocycles. The summed E-state index contributed by atoms with van der Waals surface area (Å²) < 4.78 is 3.33. The minimum atomic E-state index is -0.299. The van der Waals surface area contributed by atoms with Crippen molar-refractivity contribution in [2.24, 2.45) is 14.1 Å². The molecular formula is C16H18ClN5O. The molecule has 3 aromatic rings. The Hall–Kier alpha value is -2.34. The molecule has 23 heavy (non-hydrogen) atoms. The lowest BCUT2D eigenvalue weighted by molar-refractivity contribution is 0.706. The van der Waals surface area contributed by atoms with E-state index in [1.54, 1.807) is 13.2 Å². The highest BCUT2D eigenvalue weighted by atomic mass is 35.5. The summed E-state index contributed by atoms with van der Waals surface area (Å²) >= 11 is 6.02. The van der Waals surface area contributed by atoms with E-state index in [2.05, 4.69) is 26.0 Å². The molecule has 0 saturated carbocycles. The van der Waals surface area contributed by atoms with Crippen LogP contribution < -0.4 is 10.9 Å². The number of imidazole rings is 1. The molecule has 0 radical (unpaired) electrons. The van der Waals surface area contributed by atoms with Crippen molar-refractivity contribution in [3.8, 4) is 0 Å². The van der Waals surface area contributed by atoms with Crippen LogP contribution in [0.25, 0.3) is 11.0 Å². The van der Waals surface area contributed by atoms with Crippen LogP contribution in [-0.4, -0.2) is 25.9 Å². The van der Waals surface area contributed by atoms with Gasteiger partial charge >= 0.3 is 0 Å². The van der Waals surface area contributed by atoms with Gasteiger partial charge in [0.2, 0.25) is 0 Å². The van der Waals surface area contributed by atoms with E-state index in [0.717, 1.165) is 29.7 Å². The van der Waals surface area contributed by atoms with Crippen molar-refractivity contribution >= 4 is 28.3 Å². The van der Waals surface area contributed by atoms with Crippen LogP contribution in [0.1, 0.15) is 12.2 Å². The van der Waals surface area contributed by atoms with Crippen LogP contribution in [0.15, 0.2) is 35.3 Å². The van der Waals surface area contributed by atoms with Crippen molar-refractivity contribution in [3.63, 3.8) is 0 Å². The van der Waals surface area contributed by atoms with Crippen LogP contribution in [0.5, 0.6) is 0 Å². The van der Waals surface area contributed by atoms with Gasteiger partial charge in [-0.1, -0.05) is 23.7 Å². The molecule has 7 heteroatoms. The Morgan fingerprint density at radius 1 is 1.26 bits per heavy atom. The molecule has 0 bridgehead atoms. The van der Waals surface area contributed by atoms with Gasteiger partial charge in [-0.3, -0.25) is 4.79 Å². The summed E-state index contributed by atoms with van der Waals surface area (Å²) in [6.07, 6.45) is 3.29. The maximum absolute atomic E-state index is 11.7. The number of para-hydroxylation sites is 2. The van der Waals surface area contributed by atoms with E-state index in [4.69, 9.17) is 11.6 Å². The number of nitrogens with zero attached hydrogens (tertiary/aromatic N) is 4. The molecular weight excluding hydrogens is 314 g/mol. The Kier molecular flexibility index (Phi) is 4.34. The Morgan fingerprint density at radius 2 is 2.04 bits per heavy atom. The summed E-state index contributed by atoms with van der Waals surface area (Å²) in [5.41, 5.74) is 2.41. The number of aromatic nitrogens is 4. The standard InChI is InChI=1S/C16H18ClN5O/c1-21-13-7-4-3-6-11(13)20-14(21)8-5-9-18-12-10-19-22(2)16(23)15(12)17/h3-4,6-7,10,18H,5,8-9H2,1-2H3. The lowest BCUT2D eigenvalue weighted by Crippen LogP contribution is -2.21. The fraction of sp³-hybridized carbons (Fsp3) is 0.312. The first-order valence-corrected chi connectivity index (χ1v) is 7.81. The molecule has 2 heterocycles. The molecule has 0 unspecified atom stereocenters. The van der Waals surface area contributed by atoms with Crippen LogP contribution >= 0.6 is 11.6 Å². The Labute approximate surface area is 138 Å². The van der Waals surface area contributed by atoms with Gasteiger partial charge in [-0.2, -0.15) is 5.10 Å². The van der Waals surface area contributed by atoms with E-state index in [0.29, 0.717) is 12.2 Å². The summed E-state index contributed by atoms with van der Waals surface area (Å²) in [5, 5.41) is 7.29. The molecule has 0 amide bonds. The van der Waals surface area contributed by atoms with Crippen LogP contribution in [0.4, 0.5) is 5.69 Å². The van der Waals surface area contributed by atoms with Gasteiger partial charge in [0.15, 0.2) is 0 Å². The third kappa shape index (κ3) is 3.07. The van der Waals surface area contributed by atoms with Crippen molar-refractivity contribution in [3.05, 3.63) is 51.7 Å². The van der Waals surface area contributed by atoms with Crippen molar-refractivity contribution in [2.75, 3.05) is 11.9 Å². The highest BCUT2D eigenvalue weighted by Gasteiger charge is 2.08. The van der Waals surface area contributed by atoms with E-state index >= 15 is 0 Å². The van der Waals surface area contributed by atoms with Crippen LogP contribution in [-0.2, 0) is 20.5 Å². The zero-order valence-electron chi connectivity index (χ0n) is 13.1. The number of halogens is 1. The normalized spacial score (nSPS) is 11.1. The van der Waals surface area contributed by atoms with E-state index < -0.39 is 0 Å². The van der Waals surface area contributed by atoms with E-state index in [1.807, 2.05) is 25.2 Å². The first-order valence-electron chi connectivity index (χ1n) is 7.44.